The van der Waals surface area contributed by atoms with Crippen LogP contribution in [0.2, 0.25) is 0 Å². The van der Waals surface area contributed by atoms with Crippen LogP contribution >= 0.6 is 0 Å². The monoisotopic (exact) mass is 487 g/mol. The summed E-state index contributed by atoms with van der Waals surface area (Å²) in [7, 11) is 0. The molecule has 1 saturated heterocycles. The van der Waals surface area contributed by atoms with Crippen molar-refractivity contribution in [3.63, 3.8) is 0 Å². The van der Waals surface area contributed by atoms with Crippen molar-refractivity contribution in [2.45, 2.75) is 27.0 Å². The first-order valence-electron chi connectivity index (χ1n) is 11.4. The predicted octanol–water partition coefficient (Wildman–Crippen LogP) is 4.97. The molecule has 9 nitrogen and oxygen atoms in total. The highest BCUT2D eigenvalue weighted by Gasteiger charge is 2.33. The average molecular weight is 488 g/mol. The van der Waals surface area contributed by atoms with Crippen molar-refractivity contribution >= 4 is 23.7 Å². The van der Waals surface area contributed by atoms with Gasteiger partial charge in [0.1, 0.15) is 12.3 Å². The summed E-state index contributed by atoms with van der Waals surface area (Å²) in [5.41, 5.74) is 3.57. The van der Waals surface area contributed by atoms with E-state index < -0.39 is 16.9 Å². The fourth-order valence-electron chi connectivity index (χ4n) is 3.63. The maximum absolute atomic E-state index is 12.9. The van der Waals surface area contributed by atoms with E-state index in [1.54, 1.807) is 36.4 Å². The Kier molecular flexibility index (Phi) is 7.29. The minimum atomic E-state index is -0.472. The summed E-state index contributed by atoms with van der Waals surface area (Å²) < 4.78 is 11.6. The number of nitro groups is 1. The highest BCUT2D eigenvalue weighted by atomic mass is 16.6. The normalized spacial score (nSPS) is 14.2. The number of carbonyl (C=O) groups is 2. The van der Waals surface area contributed by atoms with E-state index in [2.05, 4.69) is 5.32 Å². The zero-order chi connectivity index (χ0) is 25.7. The molecule has 1 fully saturated rings. The third-order valence-electron chi connectivity index (χ3n) is 5.54. The van der Waals surface area contributed by atoms with Crippen LogP contribution in [-0.4, -0.2) is 28.4 Å². The predicted molar refractivity (Wildman–Crippen MR) is 133 cm³/mol. The molecule has 3 amide bonds. The van der Waals surface area contributed by atoms with Crippen LogP contribution in [0.3, 0.4) is 0 Å². The van der Waals surface area contributed by atoms with E-state index >= 15 is 0 Å². The molecular weight excluding hydrogens is 462 g/mol. The lowest BCUT2D eigenvalue weighted by molar-refractivity contribution is -0.384. The number of non-ortho nitro benzene ring substituents is 1. The van der Waals surface area contributed by atoms with Crippen molar-refractivity contribution in [3.8, 4) is 11.5 Å². The molecule has 0 aliphatic carbocycles. The first-order chi connectivity index (χ1) is 17.3. The molecule has 184 valence electrons. The number of nitrogens with zero attached hydrogens (tertiary/aromatic N) is 2. The number of nitro benzene ring substituents is 1. The Morgan fingerprint density at radius 3 is 2.31 bits per heavy atom. The second-order valence-corrected chi connectivity index (χ2v) is 8.22. The maximum atomic E-state index is 12.9. The zero-order valence-electron chi connectivity index (χ0n) is 19.9. The van der Waals surface area contributed by atoms with Gasteiger partial charge in [-0.3, -0.25) is 19.8 Å². The molecule has 0 atom stereocenters. The third kappa shape index (κ3) is 5.69. The van der Waals surface area contributed by atoms with E-state index in [9.17, 15) is 19.7 Å². The van der Waals surface area contributed by atoms with Gasteiger partial charge in [-0.15, -0.1) is 0 Å². The van der Waals surface area contributed by atoms with Crippen molar-refractivity contribution in [1.29, 1.82) is 0 Å². The van der Waals surface area contributed by atoms with Crippen LogP contribution in [0.15, 0.2) is 72.4 Å². The Labute approximate surface area is 208 Å². The fraction of sp³-hybridized carbons (Fsp3) is 0.185. The fourth-order valence-corrected chi connectivity index (χ4v) is 3.63. The van der Waals surface area contributed by atoms with Gasteiger partial charge in [0, 0.05) is 12.1 Å². The molecule has 0 radical (unpaired) electrons. The number of nitrogens with one attached hydrogen (secondary N) is 1. The van der Waals surface area contributed by atoms with Crippen molar-refractivity contribution in [2.24, 2.45) is 0 Å². The quantitative estimate of drug-likeness (QED) is 0.197. The summed E-state index contributed by atoms with van der Waals surface area (Å²) in [5, 5.41) is 13.5. The molecular formula is C27H25N3O6. The maximum Gasteiger partial charge on any atom is 0.329 e. The van der Waals surface area contributed by atoms with Crippen molar-refractivity contribution < 1.29 is 24.0 Å². The van der Waals surface area contributed by atoms with Gasteiger partial charge in [0.2, 0.25) is 0 Å². The lowest BCUT2D eigenvalue weighted by Gasteiger charge is -2.13. The van der Waals surface area contributed by atoms with Crippen LogP contribution in [0.4, 0.5) is 10.5 Å². The minimum Gasteiger partial charge on any atom is -0.490 e. The Hall–Kier alpha value is -4.66. The topological polar surface area (TPSA) is 111 Å². The second kappa shape index (κ2) is 10.7. The van der Waals surface area contributed by atoms with E-state index in [1.807, 2.05) is 38.1 Å². The van der Waals surface area contributed by atoms with Crippen LogP contribution in [0, 0.1) is 17.0 Å². The Morgan fingerprint density at radius 1 is 0.944 bits per heavy atom. The molecule has 4 rings (SSSR count). The number of imide groups is 1. The number of amides is 3. The molecule has 9 heteroatoms. The average Bonchev–Trinajstić information content (AvgIpc) is 3.12. The van der Waals surface area contributed by atoms with Gasteiger partial charge in [0.15, 0.2) is 11.5 Å². The SMILES string of the molecule is CCOc1cc(/C=C2/NC(=O)N(Cc3ccc(C)cc3)C2=O)ccc1OCc1ccc([N+](=O)[O-])cc1. The van der Waals surface area contributed by atoms with Gasteiger partial charge in [0.25, 0.3) is 11.6 Å². The molecule has 1 N–H and O–H groups in total. The van der Waals surface area contributed by atoms with Crippen LogP contribution in [0.25, 0.3) is 6.08 Å². The molecule has 0 unspecified atom stereocenters. The second-order valence-electron chi connectivity index (χ2n) is 8.22. The van der Waals surface area contributed by atoms with Crippen LogP contribution in [-0.2, 0) is 17.9 Å². The van der Waals surface area contributed by atoms with Crippen LogP contribution in [0.1, 0.15) is 29.2 Å². The summed E-state index contributed by atoms with van der Waals surface area (Å²) in [6.45, 7) is 4.59. The first-order valence-corrected chi connectivity index (χ1v) is 11.4. The van der Waals surface area contributed by atoms with Crippen LogP contribution in [0.5, 0.6) is 11.5 Å². The number of hydrogen-bond donors (Lipinski definition) is 1. The Balaban J connectivity index is 1.48. The molecule has 3 aromatic rings. The Morgan fingerprint density at radius 2 is 1.64 bits per heavy atom. The lowest BCUT2D eigenvalue weighted by atomic mass is 10.1. The molecule has 0 saturated carbocycles. The number of urea groups is 1. The summed E-state index contributed by atoms with van der Waals surface area (Å²) in [5.74, 6) is 0.555. The molecule has 0 bridgehead atoms. The number of hydrogen-bond acceptors (Lipinski definition) is 6. The van der Waals surface area contributed by atoms with Gasteiger partial charge in [-0.2, -0.15) is 0 Å². The van der Waals surface area contributed by atoms with Gasteiger partial charge in [0.05, 0.1) is 18.1 Å². The number of benzene rings is 3. The number of carbonyl (C=O) groups excluding carboxylic acids is 2. The molecule has 0 aromatic heterocycles. The van der Waals surface area contributed by atoms with E-state index in [0.29, 0.717) is 23.7 Å². The van der Waals surface area contributed by atoms with E-state index in [0.717, 1.165) is 16.7 Å². The highest BCUT2D eigenvalue weighted by molar-refractivity contribution is 6.13. The summed E-state index contributed by atoms with van der Waals surface area (Å²) in [6, 6.07) is 18.5. The van der Waals surface area contributed by atoms with Crippen LogP contribution < -0.4 is 14.8 Å². The summed E-state index contributed by atoms with van der Waals surface area (Å²) in [6.07, 6.45) is 1.60. The standard InChI is InChI=1S/C27H25N3O6/c1-3-35-25-15-21(10-13-24(25)36-17-20-8-11-22(12-9-20)30(33)34)14-23-26(31)29(27(32)28-23)16-19-6-4-18(2)5-7-19/h4-15H,3,16-17H2,1-2H3,(H,28,32)/b23-14+. The molecule has 1 heterocycles. The largest absolute Gasteiger partial charge is 0.490 e. The third-order valence-corrected chi connectivity index (χ3v) is 5.54. The van der Waals surface area contributed by atoms with Crippen molar-refractivity contribution in [2.75, 3.05) is 6.61 Å². The van der Waals surface area contributed by atoms with Gasteiger partial charge in [-0.1, -0.05) is 35.9 Å². The van der Waals surface area contributed by atoms with Gasteiger partial charge in [-0.25, -0.2) is 4.79 Å². The van der Waals surface area contributed by atoms with Crippen molar-refractivity contribution in [3.05, 3.63) is 105 Å². The highest BCUT2D eigenvalue weighted by Crippen LogP contribution is 2.31. The molecule has 3 aromatic carbocycles. The van der Waals surface area contributed by atoms with Gasteiger partial charge >= 0.3 is 6.03 Å². The Bertz CT molecular complexity index is 1320. The summed E-state index contributed by atoms with van der Waals surface area (Å²) in [4.78, 5) is 36.8. The number of rotatable bonds is 9. The van der Waals surface area contributed by atoms with E-state index in [-0.39, 0.29) is 24.5 Å². The smallest absolute Gasteiger partial charge is 0.329 e. The lowest BCUT2D eigenvalue weighted by Crippen LogP contribution is -2.30. The van der Waals surface area contributed by atoms with Gasteiger partial charge < -0.3 is 14.8 Å². The number of aryl methyl sites for hydroxylation is 1. The minimum absolute atomic E-state index is 0.0112. The molecule has 36 heavy (non-hydrogen) atoms. The van der Waals surface area contributed by atoms with Crippen molar-refractivity contribution in [1.82, 2.24) is 10.2 Å². The molecule has 1 aliphatic rings. The van der Waals surface area contributed by atoms with E-state index in [4.69, 9.17) is 9.47 Å². The number of ether oxygens (including phenoxy) is 2. The first kappa shape index (κ1) is 24.5. The molecule has 0 spiro atoms. The van der Waals surface area contributed by atoms with Gasteiger partial charge in [-0.05, 0) is 60.9 Å². The van der Waals surface area contributed by atoms with E-state index in [1.165, 1.54) is 17.0 Å². The molecule has 1 aliphatic heterocycles. The summed E-state index contributed by atoms with van der Waals surface area (Å²) >= 11 is 0. The zero-order valence-corrected chi connectivity index (χ0v) is 19.9.